The Morgan fingerprint density at radius 1 is 0.947 bits per heavy atom. The van der Waals surface area contributed by atoms with E-state index in [9.17, 15) is 9.90 Å². The first kappa shape index (κ1) is 24.6. The number of hydrogen-bond donors (Lipinski definition) is 2. The molecule has 0 amide bonds. The number of hydrogen-bond acceptors (Lipinski definition) is 5. The molecule has 3 aromatic carbocycles. The summed E-state index contributed by atoms with van der Waals surface area (Å²) >= 11 is 6.06. The van der Waals surface area contributed by atoms with E-state index in [2.05, 4.69) is 51.4 Å². The van der Waals surface area contributed by atoms with Crippen molar-refractivity contribution in [2.75, 3.05) is 13.2 Å². The molecule has 192 valence electrons. The van der Waals surface area contributed by atoms with Crippen LogP contribution in [0.5, 0.6) is 0 Å². The molecule has 2 N–H and O–H groups in total. The summed E-state index contributed by atoms with van der Waals surface area (Å²) in [7, 11) is 0. The van der Waals surface area contributed by atoms with E-state index in [1.165, 1.54) is 0 Å². The second kappa shape index (κ2) is 10.2. The van der Waals surface area contributed by atoms with Crippen LogP contribution in [0.25, 0.3) is 11.2 Å². The Morgan fingerprint density at radius 3 is 2.03 bits per heavy atom. The second-order valence-corrected chi connectivity index (χ2v) is 10.0. The molecule has 5 aromatic rings. The molecule has 3 atom stereocenters. The number of halogens is 1. The van der Waals surface area contributed by atoms with Gasteiger partial charge in [-0.2, -0.15) is 4.98 Å². The minimum Gasteiger partial charge on any atom is -0.396 e. The van der Waals surface area contributed by atoms with Crippen LogP contribution in [0.2, 0.25) is 5.28 Å². The average molecular weight is 527 g/mol. The van der Waals surface area contributed by atoms with Gasteiger partial charge in [0, 0.05) is 18.6 Å². The maximum Gasteiger partial charge on any atom is 0.280 e. The molecule has 0 saturated heterocycles. The fourth-order valence-corrected chi connectivity index (χ4v) is 5.85. The first-order valence-electron chi connectivity index (χ1n) is 12.7. The van der Waals surface area contributed by atoms with E-state index < -0.39 is 5.60 Å². The van der Waals surface area contributed by atoms with Gasteiger partial charge in [0.25, 0.3) is 5.56 Å². The average Bonchev–Trinajstić information content (AvgIpc) is 3.36. The molecule has 8 heteroatoms. The first-order valence-corrected chi connectivity index (χ1v) is 13.0. The molecule has 2 heterocycles. The van der Waals surface area contributed by atoms with Crippen LogP contribution in [0.3, 0.4) is 0 Å². The van der Waals surface area contributed by atoms with Crippen molar-refractivity contribution in [2.24, 2.45) is 11.8 Å². The quantitative estimate of drug-likeness (QED) is 0.220. The van der Waals surface area contributed by atoms with Crippen LogP contribution in [0.4, 0.5) is 0 Å². The molecule has 0 aliphatic heterocycles. The molecule has 0 bridgehead atoms. The molecule has 1 fully saturated rings. The lowest BCUT2D eigenvalue weighted by atomic mass is 9.69. The van der Waals surface area contributed by atoms with Crippen LogP contribution >= 0.6 is 11.6 Å². The van der Waals surface area contributed by atoms with Crippen molar-refractivity contribution in [2.45, 2.75) is 18.1 Å². The topological polar surface area (TPSA) is 93.0 Å². The van der Waals surface area contributed by atoms with Crippen LogP contribution < -0.4 is 5.56 Å². The number of nitrogens with zero attached hydrogens (tertiary/aromatic N) is 3. The number of aromatic amines is 1. The first-order chi connectivity index (χ1) is 18.6. The zero-order valence-electron chi connectivity index (χ0n) is 20.6. The molecule has 0 radical (unpaired) electrons. The smallest absolute Gasteiger partial charge is 0.280 e. The number of aliphatic hydroxyl groups excluding tert-OH is 1. The monoisotopic (exact) mass is 526 g/mol. The van der Waals surface area contributed by atoms with Crippen LogP contribution in [-0.2, 0) is 10.3 Å². The van der Waals surface area contributed by atoms with Crippen molar-refractivity contribution < 1.29 is 9.84 Å². The normalized spacial score (nSPS) is 19.4. The molecule has 1 aliphatic rings. The molecule has 7 nitrogen and oxygen atoms in total. The minimum absolute atomic E-state index is 0.0198. The Kier molecular flexibility index (Phi) is 6.57. The zero-order chi connectivity index (χ0) is 26.1. The highest BCUT2D eigenvalue weighted by atomic mass is 35.5. The maximum absolute atomic E-state index is 12.4. The lowest BCUT2D eigenvalue weighted by Gasteiger charge is -2.46. The highest BCUT2D eigenvalue weighted by Crippen LogP contribution is 2.48. The third kappa shape index (κ3) is 4.13. The van der Waals surface area contributed by atoms with Crippen molar-refractivity contribution in [3.63, 3.8) is 0 Å². The molecule has 6 rings (SSSR count). The van der Waals surface area contributed by atoms with Crippen LogP contribution in [0, 0.1) is 11.8 Å². The summed E-state index contributed by atoms with van der Waals surface area (Å²) in [6.07, 6.45) is 2.35. The predicted octanol–water partition coefficient (Wildman–Crippen LogP) is 4.95. The van der Waals surface area contributed by atoms with Gasteiger partial charge in [-0.05, 0) is 40.6 Å². The molecular weight excluding hydrogens is 500 g/mol. The van der Waals surface area contributed by atoms with Crippen molar-refractivity contribution in [1.82, 2.24) is 19.5 Å². The minimum atomic E-state index is -0.861. The van der Waals surface area contributed by atoms with Crippen molar-refractivity contribution in [3.05, 3.63) is 130 Å². The van der Waals surface area contributed by atoms with E-state index >= 15 is 0 Å². The fourth-order valence-electron chi connectivity index (χ4n) is 5.69. The Bertz CT molecular complexity index is 1490. The van der Waals surface area contributed by atoms with Gasteiger partial charge in [0.2, 0.25) is 5.28 Å². The molecule has 2 aromatic heterocycles. The molecule has 0 unspecified atom stereocenters. The van der Waals surface area contributed by atoms with E-state index in [0.717, 1.165) is 23.1 Å². The van der Waals surface area contributed by atoms with Crippen LogP contribution in [0.15, 0.2) is 102 Å². The summed E-state index contributed by atoms with van der Waals surface area (Å²) < 4.78 is 8.95. The van der Waals surface area contributed by atoms with E-state index in [1.54, 1.807) is 6.33 Å². The number of ether oxygens (including phenoxy) is 1. The highest BCUT2D eigenvalue weighted by molar-refractivity contribution is 6.28. The molecule has 0 spiro atoms. The van der Waals surface area contributed by atoms with Gasteiger partial charge in [0.05, 0.1) is 12.9 Å². The van der Waals surface area contributed by atoms with Gasteiger partial charge < -0.3 is 14.4 Å². The number of fused-ring (bicyclic) bond motifs is 1. The predicted molar refractivity (Wildman–Crippen MR) is 146 cm³/mol. The summed E-state index contributed by atoms with van der Waals surface area (Å²) in [4.78, 5) is 23.5. The van der Waals surface area contributed by atoms with Gasteiger partial charge in [0.1, 0.15) is 5.60 Å². The zero-order valence-corrected chi connectivity index (χ0v) is 21.3. The third-order valence-corrected chi connectivity index (χ3v) is 7.85. The van der Waals surface area contributed by atoms with Gasteiger partial charge in [0.15, 0.2) is 11.2 Å². The molecule has 1 saturated carbocycles. The summed E-state index contributed by atoms with van der Waals surface area (Å²) in [5.74, 6) is 0.00251. The molecule has 1 aliphatic carbocycles. The van der Waals surface area contributed by atoms with Gasteiger partial charge in [-0.25, -0.2) is 4.98 Å². The molecule has 38 heavy (non-hydrogen) atoms. The summed E-state index contributed by atoms with van der Waals surface area (Å²) in [6.45, 7) is 0.409. The fraction of sp³-hybridized carbons (Fsp3) is 0.233. The van der Waals surface area contributed by atoms with Gasteiger partial charge in [-0.15, -0.1) is 0 Å². The number of rotatable bonds is 8. The number of imidazole rings is 1. The Hall–Kier alpha value is -3.78. The molecular formula is C30H27ClN4O3. The summed E-state index contributed by atoms with van der Waals surface area (Å²) in [6, 6.07) is 30.6. The van der Waals surface area contributed by atoms with Gasteiger partial charge in [-0.3, -0.25) is 9.78 Å². The SMILES string of the molecule is O=c1[nH]c(Cl)nc2c1ncn2[C@@H]1C[C@H](CO)[C@H]1COC(c1ccccc1)(c1ccccc1)c1ccccc1. The van der Waals surface area contributed by atoms with Crippen molar-refractivity contribution >= 4 is 22.8 Å². The largest absolute Gasteiger partial charge is 0.396 e. The summed E-state index contributed by atoms with van der Waals surface area (Å²) in [5.41, 5.74) is 2.49. The van der Waals surface area contributed by atoms with E-state index in [0.29, 0.717) is 12.3 Å². The second-order valence-electron chi connectivity index (χ2n) is 9.68. The Morgan fingerprint density at radius 2 is 1.50 bits per heavy atom. The van der Waals surface area contributed by atoms with Gasteiger partial charge >= 0.3 is 0 Å². The van der Waals surface area contributed by atoms with E-state index in [1.807, 2.05) is 59.2 Å². The van der Waals surface area contributed by atoms with E-state index in [4.69, 9.17) is 16.3 Å². The third-order valence-electron chi connectivity index (χ3n) is 7.67. The summed E-state index contributed by atoms with van der Waals surface area (Å²) in [5, 5.41) is 10.2. The van der Waals surface area contributed by atoms with Crippen LogP contribution in [-0.4, -0.2) is 37.8 Å². The number of benzene rings is 3. The maximum atomic E-state index is 12.4. The highest BCUT2D eigenvalue weighted by Gasteiger charge is 2.46. The van der Waals surface area contributed by atoms with Gasteiger partial charge in [-0.1, -0.05) is 91.0 Å². The number of aromatic nitrogens is 4. The number of nitrogens with one attached hydrogen (secondary N) is 1. The Balaban J connectivity index is 1.42. The van der Waals surface area contributed by atoms with Crippen molar-refractivity contribution in [3.8, 4) is 0 Å². The van der Waals surface area contributed by atoms with E-state index in [-0.39, 0.29) is 40.8 Å². The lowest BCUT2D eigenvalue weighted by Crippen LogP contribution is -2.45. The van der Waals surface area contributed by atoms with Crippen molar-refractivity contribution in [1.29, 1.82) is 0 Å². The standard InChI is InChI=1S/C30H27ClN4O3/c31-29-33-27-26(28(37)34-29)32-19-35(27)25-16-20(17-36)24(25)18-38-30(21-10-4-1-5-11-21,22-12-6-2-7-13-22)23-14-8-3-9-15-23/h1-15,19-20,24-25,36H,16-18H2,(H,33,34,37)/t20-,24-,25-/m1/s1. The Labute approximate surface area is 224 Å². The number of aliphatic hydroxyl groups is 1. The lowest BCUT2D eigenvalue weighted by molar-refractivity contribution is -0.0762. The van der Waals surface area contributed by atoms with Crippen LogP contribution in [0.1, 0.15) is 29.2 Å². The number of H-pyrrole nitrogens is 1.